The summed E-state index contributed by atoms with van der Waals surface area (Å²) in [6.45, 7) is 2.20. The molecule has 0 aliphatic heterocycles. The third-order valence-electron chi connectivity index (χ3n) is 2.61. The number of hydrogen-bond donors (Lipinski definition) is 1. The molecule has 0 unspecified atom stereocenters. The van der Waals surface area contributed by atoms with Gasteiger partial charge in [0.1, 0.15) is 12.5 Å². The second-order valence-electron chi connectivity index (χ2n) is 4.10. The maximum atomic E-state index is 13.0. The maximum absolute atomic E-state index is 13.0. The summed E-state index contributed by atoms with van der Waals surface area (Å²) < 4.78 is 26.7. The summed E-state index contributed by atoms with van der Waals surface area (Å²) in [5, 5.41) is 7.32. The Kier molecular flexibility index (Phi) is 3.92. The third-order valence-corrected chi connectivity index (χ3v) is 2.61. The second-order valence-corrected chi connectivity index (χ2v) is 4.10. The number of rotatable bonds is 5. The van der Waals surface area contributed by atoms with Crippen molar-refractivity contribution in [3.8, 4) is 0 Å². The van der Waals surface area contributed by atoms with E-state index in [1.165, 1.54) is 12.1 Å². The molecule has 2 aromatic rings. The molecule has 1 aromatic carbocycles. The van der Waals surface area contributed by atoms with Gasteiger partial charge in [-0.3, -0.25) is 4.68 Å². The minimum absolute atomic E-state index is 0.252. The lowest BCUT2D eigenvalue weighted by molar-refractivity contribution is 0.427. The molecule has 3 nitrogen and oxygen atoms in total. The molecule has 0 aliphatic carbocycles. The molecule has 5 heteroatoms. The number of hydrogen-bond acceptors (Lipinski definition) is 2. The molecular formula is C13H15F2N3. The van der Waals surface area contributed by atoms with Crippen LogP contribution in [-0.2, 0) is 13.1 Å². The molecule has 1 aromatic heterocycles. The van der Waals surface area contributed by atoms with E-state index in [9.17, 15) is 8.78 Å². The number of benzene rings is 1. The molecule has 1 heterocycles. The monoisotopic (exact) mass is 251 g/mol. The van der Waals surface area contributed by atoms with Gasteiger partial charge in [0.05, 0.1) is 6.54 Å². The molecule has 18 heavy (non-hydrogen) atoms. The van der Waals surface area contributed by atoms with Crippen molar-refractivity contribution in [1.29, 1.82) is 0 Å². The van der Waals surface area contributed by atoms with Crippen molar-refractivity contribution in [3.63, 3.8) is 0 Å². The van der Waals surface area contributed by atoms with Crippen molar-refractivity contribution >= 4 is 5.82 Å². The highest BCUT2D eigenvalue weighted by molar-refractivity contribution is 5.42. The van der Waals surface area contributed by atoms with E-state index < -0.39 is 6.67 Å². The van der Waals surface area contributed by atoms with Crippen LogP contribution in [0.25, 0.3) is 0 Å². The second kappa shape index (κ2) is 5.62. The van der Waals surface area contributed by atoms with Gasteiger partial charge in [0.25, 0.3) is 0 Å². The van der Waals surface area contributed by atoms with Crippen LogP contribution < -0.4 is 5.32 Å². The molecule has 0 radical (unpaired) electrons. The zero-order chi connectivity index (χ0) is 13.0. The Bertz CT molecular complexity index is 523. The first-order chi connectivity index (χ1) is 8.69. The Morgan fingerprint density at radius 2 is 2.22 bits per heavy atom. The number of anilines is 1. The van der Waals surface area contributed by atoms with Crippen LogP contribution in [0.3, 0.4) is 0 Å². The highest BCUT2D eigenvalue weighted by atomic mass is 19.1. The summed E-state index contributed by atoms with van der Waals surface area (Å²) in [5.74, 6) is 0.446. The van der Waals surface area contributed by atoms with Gasteiger partial charge in [-0.2, -0.15) is 5.10 Å². The average Bonchev–Trinajstić information content (AvgIpc) is 2.68. The van der Waals surface area contributed by atoms with Crippen LogP contribution in [0.5, 0.6) is 0 Å². The fourth-order valence-corrected chi connectivity index (χ4v) is 1.73. The molecule has 0 fully saturated rings. The third kappa shape index (κ3) is 3.06. The molecule has 1 N–H and O–H groups in total. The van der Waals surface area contributed by atoms with Crippen molar-refractivity contribution in [2.45, 2.75) is 20.0 Å². The first-order valence-corrected chi connectivity index (χ1v) is 5.77. The summed E-state index contributed by atoms with van der Waals surface area (Å²) in [6.07, 6.45) is 1.79. The van der Waals surface area contributed by atoms with Crippen LogP contribution in [0, 0.1) is 12.7 Å². The Morgan fingerprint density at radius 1 is 1.39 bits per heavy atom. The first-order valence-electron chi connectivity index (χ1n) is 5.77. The number of alkyl halides is 1. The van der Waals surface area contributed by atoms with E-state index in [0.717, 1.165) is 11.1 Å². The van der Waals surface area contributed by atoms with Gasteiger partial charge in [0, 0.05) is 18.3 Å². The summed E-state index contributed by atoms with van der Waals surface area (Å²) in [5.41, 5.74) is 1.79. The highest BCUT2D eigenvalue weighted by Gasteiger charge is 2.04. The zero-order valence-electron chi connectivity index (χ0n) is 10.2. The van der Waals surface area contributed by atoms with E-state index in [0.29, 0.717) is 12.4 Å². The summed E-state index contributed by atoms with van der Waals surface area (Å²) in [6, 6.07) is 6.39. The van der Waals surface area contributed by atoms with E-state index >= 15 is 0 Å². The molecule has 0 spiro atoms. The van der Waals surface area contributed by atoms with Crippen LogP contribution in [0.1, 0.15) is 11.1 Å². The molecule has 96 valence electrons. The molecule has 0 aliphatic rings. The first kappa shape index (κ1) is 12.5. The van der Waals surface area contributed by atoms with Crippen molar-refractivity contribution in [2.75, 3.05) is 12.0 Å². The summed E-state index contributed by atoms with van der Waals surface area (Å²) in [7, 11) is 0. The SMILES string of the molecule is Cc1cn(CCF)nc1NCc1cccc(F)c1. The van der Waals surface area contributed by atoms with Crippen molar-refractivity contribution in [2.24, 2.45) is 0 Å². The lowest BCUT2D eigenvalue weighted by atomic mass is 10.2. The van der Waals surface area contributed by atoms with Crippen LogP contribution in [0.15, 0.2) is 30.5 Å². The molecule has 0 saturated carbocycles. The minimum Gasteiger partial charge on any atom is -0.364 e. The summed E-state index contributed by atoms with van der Waals surface area (Å²) in [4.78, 5) is 0. The number of aryl methyl sites for hydroxylation is 2. The topological polar surface area (TPSA) is 29.9 Å². The highest BCUT2D eigenvalue weighted by Crippen LogP contribution is 2.13. The Balaban J connectivity index is 2.01. The fourth-order valence-electron chi connectivity index (χ4n) is 1.73. The smallest absolute Gasteiger partial charge is 0.151 e. The molecule has 0 amide bonds. The standard InChI is InChI=1S/C13H15F2N3/c1-10-9-18(6-5-14)17-13(10)16-8-11-3-2-4-12(15)7-11/h2-4,7,9H,5-6,8H2,1H3,(H,16,17). The van der Waals surface area contributed by atoms with Crippen molar-refractivity contribution in [1.82, 2.24) is 9.78 Å². The maximum Gasteiger partial charge on any atom is 0.151 e. The molecular weight excluding hydrogens is 236 g/mol. The Hall–Kier alpha value is -1.91. The lowest BCUT2D eigenvalue weighted by Gasteiger charge is -2.04. The van der Waals surface area contributed by atoms with Gasteiger partial charge in [-0.25, -0.2) is 8.78 Å². The van der Waals surface area contributed by atoms with Gasteiger partial charge in [-0.15, -0.1) is 0 Å². The van der Waals surface area contributed by atoms with Crippen LogP contribution in [0.2, 0.25) is 0 Å². The van der Waals surface area contributed by atoms with Crippen molar-refractivity contribution < 1.29 is 8.78 Å². The normalized spacial score (nSPS) is 10.6. The Labute approximate surface area is 104 Å². The number of aromatic nitrogens is 2. The lowest BCUT2D eigenvalue weighted by Crippen LogP contribution is -2.04. The van der Waals surface area contributed by atoms with Crippen LogP contribution >= 0.6 is 0 Å². The van der Waals surface area contributed by atoms with Gasteiger partial charge in [-0.1, -0.05) is 12.1 Å². The van der Waals surface area contributed by atoms with Crippen LogP contribution in [0.4, 0.5) is 14.6 Å². The predicted octanol–water partition coefficient (Wildman–Crippen LogP) is 2.91. The number of nitrogens with zero attached hydrogens (tertiary/aromatic N) is 2. The van der Waals surface area contributed by atoms with Gasteiger partial charge in [0.15, 0.2) is 5.82 Å². The van der Waals surface area contributed by atoms with Gasteiger partial charge < -0.3 is 5.32 Å². The van der Waals surface area contributed by atoms with Crippen LogP contribution in [-0.4, -0.2) is 16.5 Å². The molecule has 0 bridgehead atoms. The van der Waals surface area contributed by atoms with E-state index in [2.05, 4.69) is 10.4 Å². The fraction of sp³-hybridized carbons (Fsp3) is 0.308. The van der Waals surface area contributed by atoms with E-state index in [4.69, 9.17) is 0 Å². The molecule has 2 rings (SSSR count). The number of halogens is 2. The average molecular weight is 251 g/mol. The Morgan fingerprint density at radius 3 is 2.94 bits per heavy atom. The van der Waals surface area contributed by atoms with Gasteiger partial charge in [0.2, 0.25) is 0 Å². The van der Waals surface area contributed by atoms with E-state index in [1.54, 1.807) is 16.9 Å². The van der Waals surface area contributed by atoms with Gasteiger partial charge >= 0.3 is 0 Å². The van der Waals surface area contributed by atoms with E-state index in [-0.39, 0.29) is 12.4 Å². The van der Waals surface area contributed by atoms with Gasteiger partial charge in [-0.05, 0) is 24.6 Å². The number of nitrogens with one attached hydrogen (secondary N) is 1. The molecule has 0 atom stereocenters. The quantitative estimate of drug-likeness (QED) is 0.885. The van der Waals surface area contributed by atoms with Crippen molar-refractivity contribution in [3.05, 3.63) is 47.4 Å². The zero-order valence-corrected chi connectivity index (χ0v) is 10.2. The minimum atomic E-state index is -0.440. The summed E-state index contributed by atoms with van der Waals surface area (Å²) >= 11 is 0. The van der Waals surface area contributed by atoms with E-state index in [1.807, 2.05) is 13.0 Å². The largest absolute Gasteiger partial charge is 0.364 e. The molecule has 0 saturated heterocycles. The predicted molar refractivity (Wildman–Crippen MR) is 66.7 cm³/mol.